The third-order valence-corrected chi connectivity index (χ3v) is 6.02. The molecule has 1 aliphatic heterocycles. The number of hydrogen-bond acceptors (Lipinski definition) is 3. The maximum atomic E-state index is 12.6. The average Bonchev–Trinajstić information content (AvgIpc) is 2.62. The fraction of sp³-hybridized carbons (Fsp3) is 0.350. The summed E-state index contributed by atoms with van der Waals surface area (Å²) in [6.45, 7) is 4.64. The van der Waals surface area contributed by atoms with Gasteiger partial charge >= 0.3 is 0 Å². The van der Waals surface area contributed by atoms with Gasteiger partial charge in [-0.2, -0.15) is 0 Å². The number of amides is 1. The number of benzene rings is 2. The van der Waals surface area contributed by atoms with Crippen molar-refractivity contribution < 1.29 is 13.2 Å². The van der Waals surface area contributed by atoms with Crippen LogP contribution in [0.5, 0.6) is 0 Å². The zero-order valence-electron chi connectivity index (χ0n) is 15.2. The van der Waals surface area contributed by atoms with Crippen LogP contribution in [0.1, 0.15) is 37.8 Å². The van der Waals surface area contributed by atoms with E-state index >= 15 is 0 Å². The molecule has 0 bridgehead atoms. The van der Waals surface area contributed by atoms with Crippen LogP contribution in [0.25, 0.3) is 0 Å². The molecule has 0 radical (unpaired) electrons. The van der Waals surface area contributed by atoms with Gasteiger partial charge in [-0.05, 0) is 61.2 Å². The Labute approximate surface area is 155 Å². The SMILES string of the molecule is CCCc1ccc(S(=O)(=O)Nc2ccc3c(c2)CCC(=O)N3CC)cc1. The molecule has 0 spiro atoms. The summed E-state index contributed by atoms with van der Waals surface area (Å²) in [5.41, 5.74) is 3.51. The van der Waals surface area contributed by atoms with Gasteiger partial charge in [0.25, 0.3) is 10.0 Å². The number of rotatable bonds is 6. The second kappa shape index (κ2) is 7.50. The Balaban J connectivity index is 1.83. The van der Waals surface area contributed by atoms with Gasteiger partial charge in [0.05, 0.1) is 4.90 Å². The molecule has 0 saturated heterocycles. The minimum Gasteiger partial charge on any atom is -0.312 e. The first-order valence-electron chi connectivity index (χ1n) is 8.99. The molecule has 0 saturated carbocycles. The number of fused-ring (bicyclic) bond motifs is 1. The highest BCUT2D eigenvalue weighted by Gasteiger charge is 2.23. The Morgan fingerprint density at radius 1 is 1.04 bits per heavy atom. The third kappa shape index (κ3) is 3.75. The van der Waals surface area contributed by atoms with E-state index in [-0.39, 0.29) is 10.8 Å². The molecule has 26 heavy (non-hydrogen) atoms. The highest BCUT2D eigenvalue weighted by Crippen LogP contribution is 2.31. The maximum Gasteiger partial charge on any atom is 0.261 e. The summed E-state index contributed by atoms with van der Waals surface area (Å²) in [4.78, 5) is 14.0. The summed E-state index contributed by atoms with van der Waals surface area (Å²) in [5, 5.41) is 0. The molecular formula is C20H24N2O3S. The number of nitrogens with one attached hydrogen (secondary N) is 1. The van der Waals surface area contributed by atoms with Crippen LogP contribution >= 0.6 is 0 Å². The first-order valence-corrected chi connectivity index (χ1v) is 10.5. The number of anilines is 2. The Kier molecular flexibility index (Phi) is 5.32. The van der Waals surface area contributed by atoms with Crippen molar-refractivity contribution in [1.82, 2.24) is 0 Å². The van der Waals surface area contributed by atoms with Gasteiger partial charge < -0.3 is 4.90 Å². The van der Waals surface area contributed by atoms with Crippen molar-refractivity contribution in [2.75, 3.05) is 16.2 Å². The van der Waals surface area contributed by atoms with Crippen LogP contribution in [-0.4, -0.2) is 20.9 Å². The van der Waals surface area contributed by atoms with E-state index in [1.54, 1.807) is 23.1 Å². The van der Waals surface area contributed by atoms with Gasteiger partial charge in [-0.1, -0.05) is 25.5 Å². The number of sulfonamides is 1. The largest absolute Gasteiger partial charge is 0.312 e. The number of nitrogens with zero attached hydrogens (tertiary/aromatic N) is 1. The van der Waals surface area contributed by atoms with Crippen LogP contribution in [0.4, 0.5) is 11.4 Å². The lowest BCUT2D eigenvalue weighted by atomic mass is 10.0. The zero-order valence-corrected chi connectivity index (χ0v) is 16.0. The van der Waals surface area contributed by atoms with Crippen molar-refractivity contribution in [2.45, 2.75) is 44.4 Å². The van der Waals surface area contributed by atoms with E-state index in [1.807, 2.05) is 31.2 Å². The van der Waals surface area contributed by atoms with Gasteiger partial charge in [0.1, 0.15) is 0 Å². The molecule has 138 valence electrons. The van der Waals surface area contributed by atoms with Crippen LogP contribution in [0.3, 0.4) is 0 Å². The summed E-state index contributed by atoms with van der Waals surface area (Å²) in [6.07, 6.45) is 3.05. The van der Waals surface area contributed by atoms with Crippen molar-refractivity contribution in [3.8, 4) is 0 Å². The number of carbonyl (C=O) groups is 1. The average molecular weight is 372 g/mol. The van der Waals surface area contributed by atoms with Crippen LogP contribution in [0.15, 0.2) is 47.4 Å². The Morgan fingerprint density at radius 3 is 2.42 bits per heavy atom. The minimum absolute atomic E-state index is 0.112. The molecule has 1 heterocycles. The standard InChI is InChI=1S/C20H24N2O3S/c1-3-5-15-6-10-18(11-7-15)26(24,25)21-17-9-12-19-16(14-17)8-13-20(23)22(19)4-2/h6-7,9-12,14,21H,3-5,8,13H2,1-2H3. The zero-order chi connectivity index (χ0) is 18.7. The van der Waals surface area contributed by atoms with Crippen LogP contribution < -0.4 is 9.62 Å². The monoisotopic (exact) mass is 372 g/mol. The highest BCUT2D eigenvalue weighted by atomic mass is 32.2. The molecule has 0 atom stereocenters. The van der Waals surface area contributed by atoms with Crippen LogP contribution in [-0.2, 0) is 27.7 Å². The normalized spacial score (nSPS) is 14.2. The maximum absolute atomic E-state index is 12.6. The molecule has 0 fully saturated rings. The van der Waals surface area contributed by atoms with Crippen molar-refractivity contribution in [1.29, 1.82) is 0 Å². The molecule has 2 aromatic rings. The van der Waals surface area contributed by atoms with Gasteiger partial charge in [-0.3, -0.25) is 9.52 Å². The van der Waals surface area contributed by atoms with E-state index in [9.17, 15) is 13.2 Å². The predicted octanol–water partition coefficient (Wildman–Crippen LogP) is 3.74. The molecule has 6 heteroatoms. The lowest BCUT2D eigenvalue weighted by molar-refractivity contribution is -0.118. The second-order valence-corrected chi connectivity index (χ2v) is 8.16. The van der Waals surface area contributed by atoms with Crippen molar-refractivity contribution in [2.24, 2.45) is 0 Å². The van der Waals surface area contributed by atoms with E-state index < -0.39 is 10.0 Å². The third-order valence-electron chi connectivity index (χ3n) is 4.62. The quantitative estimate of drug-likeness (QED) is 0.840. The Hall–Kier alpha value is -2.34. The summed E-state index contributed by atoms with van der Waals surface area (Å²) in [7, 11) is -3.63. The van der Waals surface area contributed by atoms with Crippen molar-refractivity contribution in [3.63, 3.8) is 0 Å². The van der Waals surface area contributed by atoms with Gasteiger partial charge in [0.15, 0.2) is 0 Å². The fourth-order valence-corrected chi connectivity index (χ4v) is 4.36. The molecule has 0 unspecified atom stereocenters. The molecule has 0 aliphatic carbocycles. The van der Waals surface area contributed by atoms with E-state index in [0.29, 0.717) is 25.1 Å². The molecule has 3 rings (SSSR count). The van der Waals surface area contributed by atoms with Gasteiger partial charge in [0.2, 0.25) is 5.91 Å². The number of hydrogen-bond donors (Lipinski definition) is 1. The summed E-state index contributed by atoms with van der Waals surface area (Å²) < 4.78 is 27.9. The van der Waals surface area contributed by atoms with Crippen LogP contribution in [0, 0.1) is 0 Å². The summed E-state index contributed by atoms with van der Waals surface area (Å²) in [5.74, 6) is 0.112. The topological polar surface area (TPSA) is 66.5 Å². The molecule has 0 aromatic heterocycles. The van der Waals surface area contributed by atoms with Gasteiger partial charge in [-0.25, -0.2) is 8.42 Å². The molecule has 1 amide bonds. The molecule has 1 N–H and O–H groups in total. The molecule has 2 aromatic carbocycles. The number of aryl methyl sites for hydroxylation is 2. The van der Waals surface area contributed by atoms with Crippen molar-refractivity contribution >= 4 is 27.3 Å². The molecular weight excluding hydrogens is 348 g/mol. The van der Waals surface area contributed by atoms with E-state index in [1.165, 1.54) is 0 Å². The summed E-state index contributed by atoms with van der Waals surface area (Å²) >= 11 is 0. The number of carbonyl (C=O) groups excluding carboxylic acids is 1. The van der Waals surface area contributed by atoms with Gasteiger partial charge in [-0.15, -0.1) is 0 Å². The summed E-state index contributed by atoms with van der Waals surface area (Å²) in [6, 6.07) is 12.4. The van der Waals surface area contributed by atoms with Crippen molar-refractivity contribution in [3.05, 3.63) is 53.6 Å². The fourth-order valence-electron chi connectivity index (χ4n) is 3.31. The highest BCUT2D eigenvalue weighted by molar-refractivity contribution is 7.92. The van der Waals surface area contributed by atoms with Gasteiger partial charge in [0, 0.05) is 24.3 Å². The molecule has 5 nitrogen and oxygen atoms in total. The first kappa shape index (κ1) is 18.5. The first-order chi connectivity index (χ1) is 12.4. The van der Waals surface area contributed by atoms with E-state index in [0.717, 1.165) is 29.7 Å². The van der Waals surface area contributed by atoms with Crippen LogP contribution in [0.2, 0.25) is 0 Å². The molecule has 1 aliphatic rings. The lowest BCUT2D eigenvalue weighted by Gasteiger charge is -2.28. The van der Waals surface area contributed by atoms with E-state index in [2.05, 4.69) is 11.6 Å². The Morgan fingerprint density at radius 2 is 1.77 bits per heavy atom. The smallest absolute Gasteiger partial charge is 0.261 e. The minimum atomic E-state index is -3.63. The second-order valence-electron chi connectivity index (χ2n) is 6.48. The Bertz CT molecular complexity index is 905. The predicted molar refractivity (Wildman–Crippen MR) is 104 cm³/mol. The van der Waals surface area contributed by atoms with E-state index in [4.69, 9.17) is 0 Å². The lowest BCUT2D eigenvalue weighted by Crippen LogP contribution is -2.34.